The Morgan fingerprint density at radius 1 is 1.18 bits per heavy atom. The summed E-state index contributed by atoms with van der Waals surface area (Å²) in [5.41, 5.74) is 1.15. The number of rotatable bonds is 4. The van der Waals surface area contributed by atoms with Gasteiger partial charge in [-0.3, -0.25) is 14.8 Å². The van der Waals surface area contributed by atoms with E-state index in [1.54, 1.807) is 0 Å². The van der Waals surface area contributed by atoms with Crippen LogP contribution in [0.25, 0.3) is 0 Å². The molecule has 3 atom stereocenters. The van der Waals surface area contributed by atoms with Gasteiger partial charge in [0.1, 0.15) is 0 Å². The Morgan fingerprint density at radius 3 is 3.00 bits per heavy atom. The van der Waals surface area contributed by atoms with Crippen LogP contribution in [0.15, 0.2) is 24.4 Å². The van der Waals surface area contributed by atoms with Gasteiger partial charge in [0.15, 0.2) is 0 Å². The van der Waals surface area contributed by atoms with Crippen molar-refractivity contribution >= 4 is 0 Å². The maximum absolute atomic E-state index is 6.02. The number of aromatic nitrogens is 1. The van der Waals surface area contributed by atoms with Gasteiger partial charge in [-0.05, 0) is 25.0 Å². The second kappa shape index (κ2) is 6.62. The van der Waals surface area contributed by atoms with Crippen LogP contribution < -0.4 is 0 Å². The normalized spacial score (nSPS) is 33.2. The molecule has 0 spiro atoms. The van der Waals surface area contributed by atoms with Crippen LogP contribution in [0.3, 0.4) is 0 Å². The summed E-state index contributed by atoms with van der Waals surface area (Å²) in [5.74, 6) is 0. The smallest absolute Gasteiger partial charge is 0.0870 e. The van der Waals surface area contributed by atoms with E-state index in [0.717, 1.165) is 51.6 Å². The molecule has 22 heavy (non-hydrogen) atoms. The van der Waals surface area contributed by atoms with E-state index >= 15 is 0 Å². The lowest BCUT2D eigenvalue weighted by molar-refractivity contribution is -0.0615. The van der Waals surface area contributed by atoms with Crippen molar-refractivity contribution in [2.24, 2.45) is 0 Å². The highest BCUT2D eigenvalue weighted by Gasteiger charge is 2.40. The van der Waals surface area contributed by atoms with Crippen LogP contribution in [0.1, 0.15) is 18.5 Å². The summed E-state index contributed by atoms with van der Waals surface area (Å²) in [4.78, 5) is 9.52. The fourth-order valence-corrected chi connectivity index (χ4v) is 3.96. The second-order valence-corrected chi connectivity index (χ2v) is 6.62. The molecule has 4 heterocycles. The van der Waals surface area contributed by atoms with E-state index in [9.17, 15) is 0 Å². The van der Waals surface area contributed by atoms with Crippen molar-refractivity contribution in [2.45, 2.75) is 37.6 Å². The third-order valence-electron chi connectivity index (χ3n) is 5.07. The Balaban J connectivity index is 1.37. The van der Waals surface area contributed by atoms with Crippen molar-refractivity contribution in [1.29, 1.82) is 0 Å². The number of pyridine rings is 1. The largest absolute Gasteiger partial charge is 0.377 e. The maximum Gasteiger partial charge on any atom is 0.0870 e. The predicted octanol–water partition coefficient (Wildman–Crippen LogP) is 1.15. The van der Waals surface area contributed by atoms with E-state index in [1.165, 1.54) is 12.8 Å². The van der Waals surface area contributed by atoms with Crippen molar-refractivity contribution in [2.75, 3.05) is 39.4 Å². The number of likely N-dealkylation sites (tertiary alicyclic amines) is 1. The average molecular weight is 303 g/mol. The molecule has 1 unspecified atom stereocenters. The van der Waals surface area contributed by atoms with E-state index in [2.05, 4.69) is 26.9 Å². The molecule has 5 heteroatoms. The number of nitrogens with zero attached hydrogens (tertiary/aromatic N) is 3. The monoisotopic (exact) mass is 303 g/mol. The molecular weight excluding hydrogens is 278 g/mol. The number of fused-ring (bicyclic) bond motifs is 1. The quantitative estimate of drug-likeness (QED) is 0.834. The molecule has 0 N–H and O–H groups in total. The molecule has 3 fully saturated rings. The molecule has 5 nitrogen and oxygen atoms in total. The van der Waals surface area contributed by atoms with Crippen LogP contribution in [0.4, 0.5) is 0 Å². The third kappa shape index (κ3) is 3.18. The molecule has 3 aliphatic rings. The van der Waals surface area contributed by atoms with Crippen molar-refractivity contribution in [1.82, 2.24) is 14.8 Å². The second-order valence-electron chi connectivity index (χ2n) is 6.62. The molecule has 0 amide bonds. The number of hydrogen-bond acceptors (Lipinski definition) is 5. The first kappa shape index (κ1) is 14.6. The lowest BCUT2D eigenvalue weighted by Crippen LogP contribution is -2.52. The fraction of sp³-hybridized carbons (Fsp3) is 0.706. The molecule has 3 aliphatic heterocycles. The van der Waals surface area contributed by atoms with Gasteiger partial charge in [0, 0.05) is 51.6 Å². The van der Waals surface area contributed by atoms with Gasteiger partial charge < -0.3 is 9.47 Å². The summed E-state index contributed by atoms with van der Waals surface area (Å²) < 4.78 is 11.8. The Morgan fingerprint density at radius 2 is 2.18 bits per heavy atom. The molecule has 0 bridgehead atoms. The molecule has 1 aromatic rings. The topological polar surface area (TPSA) is 37.8 Å². The van der Waals surface area contributed by atoms with Crippen molar-refractivity contribution in [3.63, 3.8) is 0 Å². The Bertz CT molecular complexity index is 478. The SMILES string of the molecule is c1ccc(CN2C[C@@H]3OCCN(CC4CCCO4)[C@@H]3C2)nc1. The minimum absolute atomic E-state index is 0.346. The highest BCUT2D eigenvalue weighted by Crippen LogP contribution is 2.25. The fourth-order valence-electron chi connectivity index (χ4n) is 3.96. The van der Waals surface area contributed by atoms with Crippen LogP contribution in [0, 0.1) is 0 Å². The maximum atomic E-state index is 6.02. The van der Waals surface area contributed by atoms with Gasteiger partial charge in [-0.2, -0.15) is 0 Å². The van der Waals surface area contributed by atoms with E-state index < -0.39 is 0 Å². The highest BCUT2D eigenvalue weighted by atomic mass is 16.5. The van der Waals surface area contributed by atoms with Crippen molar-refractivity contribution in [3.05, 3.63) is 30.1 Å². The van der Waals surface area contributed by atoms with Gasteiger partial charge in [0.2, 0.25) is 0 Å². The predicted molar refractivity (Wildman–Crippen MR) is 83.6 cm³/mol. The summed E-state index contributed by atoms with van der Waals surface area (Å²) in [6, 6.07) is 6.65. The van der Waals surface area contributed by atoms with E-state index in [1.807, 2.05) is 12.3 Å². The standard InChI is InChI=1S/C17H25N3O2/c1-2-6-18-14(4-1)10-19-12-16-17(13-19)22-9-7-20(16)11-15-5-3-8-21-15/h1-2,4,6,15-17H,3,5,7-13H2/t15?,16-,17+/m1/s1. The van der Waals surface area contributed by atoms with Crippen LogP contribution >= 0.6 is 0 Å². The summed E-state index contributed by atoms with van der Waals surface area (Å²) in [6.07, 6.45) is 5.09. The minimum atomic E-state index is 0.346. The molecule has 4 rings (SSSR count). The van der Waals surface area contributed by atoms with Gasteiger partial charge in [-0.1, -0.05) is 6.07 Å². The van der Waals surface area contributed by atoms with E-state index in [0.29, 0.717) is 18.2 Å². The zero-order valence-electron chi connectivity index (χ0n) is 13.1. The van der Waals surface area contributed by atoms with Gasteiger partial charge in [-0.15, -0.1) is 0 Å². The zero-order chi connectivity index (χ0) is 14.8. The average Bonchev–Trinajstić information content (AvgIpc) is 3.18. The van der Waals surface area contributed by atoms with E-state index in [-0.39, 0.29) is 0 Å². The van der Waals surface area contributed by atoms with Crippen LogP contribution in [0.2, 0.25) is 0 Å². The molecular formula is C17H25N3O2. The third-order valence-corrected chi connectivity index (χ3v) is 5.07. The van der Waals surface area contributed by atoms with Gasteiger partial charge in [0.25, 0.3) is 0 Å². The van der Waals surface area contributed by atoms with Crippen molar-refractivity contribution in [3.8, 4) is 0 Å². The first-order valence-electron chi connectivity index (χ1n) is 8.48. The van der Waals surface area contributed by atoms with Crippen LogP contribution in [-0.4, -0.2) is 72.4 Å². The summed E-state index contributed by atoms with van der Waals surface area (Å²) >= 11 is 0. The molecule has 0 radical (unpaired) electrons. The molecule has 0 saturated carbocycles. The van der Waals surface area contributed by atoms with Gasteiger partial charge in [0.05, 0.1) is 24.5 Å². The van der Waals surface area contributed by atoms with Crippen LogP contribution in [-0.2, 0) is 16.0 Å². The Labute approximate surface area is 132 Å². The molecule has 3 saturated heterocycles. The summed E-state index contributed by atoms with van der Waals surface area (Å²) in [6.45, 7) is 6.92. The lowest BCUT2D eigenvalue weighted by atomic mass is 10.1. The highest BCUT2D eigenvalue weighted by molar-refractivity contribution is 5.05. The van der Waals surface area contributed by atoms with Gasteiger partial charge >= 0.3 is 0 Å². The first-order chi connectivity index (χ1) is 10.9. The number of hydrogen-bond donors (Lipinski definition) is 0. The molecule has 120 valence electrons. The van der Waals surface area contributed by atoms with Gasteiger partial charge in [-0.25, -0.2) is 0 Å². The lowest BCUT2D eigenvalue weighted by Gasteiger charge is -2.38. The Hall–Kier alpha value is -1.01. The number of ether oxygens (including phenoxy) is 2. The first-order valence-corrected chi connectivity index (χ1v) is 8.48. The van der Waals surface area contributed by atoms with Crippen molar-refractivity contribution < 1.29 is 9.47 Å². The minimum Gasteiger partial charge on any atom is -0.377 e. The Kier molecular flexibility index (Phi) is 4.39. The number of morpholine rings is 1. The van der Waals surface area contributed by atoms with Crippen LogP contribution in [0.5, 0.6) is 0 Å². The molecule has 0 aliphatic carbocycles. The molecule has 0 aromatic carbocycles. The summed E-state index contributed by atoms with van der Waals surface area (Å²) in [5, 5.41) is 0. The molecule has 1 aromatic heterocycles. The zero-order valence-corrected chi connectivity index (χ0v) is 13.1. The summed E-state index contributed by atoms with van der Waals surface area (Å²) in [7, 11) is 0. The van der Waals surface area contributed by atoms with E-state index in [4.69, 9.17) is 9.47 Å².